The maximum atomic E-state index is 6.39. The van der Waals surface area contributed by atoms with Gasteiger partial charge in [0.15, 0.2) is 5.58 Å². The lowest BCUT2D eigenvalue weighted by molar-refractivity contribution is 0.124. The van der Waals surface area contributed by atoms with E-state index in [1.54, 1.807) is 0 Å². The highest BCUT2D eigenvalue weighted by atomic mass is 35.5. The minimum atomic E-state index is 0.375. The summed E-state index contributed by atoms with van der Waals surface area (Å²) in [4.78, 5) is 1.26. The van der Waals surface area contributed by atoms with Crippen molar-refractivity contribution in [2.45, 2.75) is 25.3 Å². The second-order valence-electron chi connectivity index (χ2n) is 7.37. The number of nitrogens with zero attached hydrogens (tertiary/aromatic N) is 1. The van der Waals surface area contributed by atoms with Crippen molar-refractivity contribution in [2.24, 2.45) is 11.1 Å². The van der Waals surface area contributed by atoms with Crippen LogP contribution in [0.3, 0.4) is 0 Å². The Balaban J connectivity index is 1.56. The average molecular weight is 373 g/mol. The van der Waals surface area contributed by atoms with Gasteiger partial charge in [-0.1, -0.05) is 37.6 Å². The highest BCUT2D eigenvalue weighted by molar-refractivity contribution is 7.97. The number of hydrogen-bond acceptors (Lipinski definition) is 4. The van der Waals surface area contributed by atoms with E-state index in [1.165, 1.54) is 4.90 Å². The highest BCUT2D eigenvalue weighted by Gasteiger charge is 2.34. The molecule has 2 heterocycles. The molecule has 1 fully saturated rings. The first-order chi connectivity index (χ1) is 11.9. The van der Waals surface area contributed by atoms with Gasteiger partial charge < -0.3 is 10.2 Å². The molecule has 2 aromatic carbocycles. The number of hydrogen-bond donors (Lipinski definition) is 1. The molecule has 0 aliphatic carbocycles. The van der Waals surface area contributed by atoms with E-state index >= 15 is 0 Å². The van der Waals surface area contributed by atoms with Crippen LogP contribution in [-0.2, 0) is 6.54 Å². The maximum Gasteiger partial charge on any atom is 0.152 e. The molecule has 130 valence electrons. The Kier molecular flexibility index (Phi) is 4.32. The lowest BCUT2D eigenvalue weighted by Gasteiger charge is -2.44. The van der Waals surface area contributed by atoms with Crippen LogP contribution in [0, 0.1) is 5.41 Å². The third-order valence-electron chi connectivity index (χ3n) is 4.45. The van der Waals surface area contributed by atoms with E-state index < -0.39 is 0 Å². The molecule has 1 aromatic heterocycles. The van der Waals surface area contributed by atoms with Crippen molar-refractivity contribution < 1.29 is 4.42 Å². The smallest absolute Gasteiger partial charge is 0.152 e. The van der Waals surface area contributed by atoms with Gasteiger partial charge in [0.05, 0.1) is 11.6 Å². The van der Waals surface area contributed by atoms with Crippen molar-refractivity contribution >= 4 is 34.5 Å². The minimum absolute atomic E-state index is 0.375. The van der Waals surface area contributed by atoms with Crippen LogP contribution in [0.1, 0.15) is 19.6 Å². The van der Waals surface area contributed by atoms with Gasteiger partial charge in [0.25, 0.3) is 0 Å². The van der Waals surface area contributed by atoms with E-state index in [0.717, 1.165) is 35.4 Å². The molecule has 1 aliphatic heterocycles. The average Bonchev–Trinajstić information content (AvgIpc) is 2.98. The van der Waals surface area contributed by atoms with Crippen molar-refractivity contribution in [1.29, 1.82) is 0 Å². The van der Waals surface area contributed by atoms with Crippen LogP contribution in [0.5, 0.6) is 0 Å². The van der Waals surface area contributed by atoms with Crippen LogP contribution in [0.4, 0.5) is 0 Å². The van der Waals surface area contributed by atoms with Gasteiger partial charge in [0, 0.05) is 23.4 Å². The second-order valence-corrected chi connectivity index (χ2v) is 8.95. The summed E-state index contributed by atoms with van der Waals surface area (Å²) in [5.41, 5.74) is 9.05. The van der Waals surface area contributed by atoms with Crippen LogP contribution in [-0.4, -0.2) is 17.4 Å². The molecule has 0 amide bonds. The Morgan fingerprint density at radius 3 is 2.48 bits per heavy atom. The molecule has 3 aromatic rings. The third-order valence-corrected chi connectivity index (χ3v) is 5.73. The van der Waals surface area contributed by atoms with Crippen molar-refractivity contribution in [1.82, 2.24) is 4.31 Å². The van der Waals surface area contributed by atoms with E-state index in [-0.39, 0.29) is 0 Å². The SMILES string of the molecule is CC1(C)CN(Sc2ccc(-c3cc(Cl)c4oc(CN)cc4c3)cc2)C1. The van der Waals surface area contributed by atoms with E-state index in [9.17, 15) is 0 Å². The maximum absolute atomic E-state index is 6.39. The second kappa shape index (κ2) is 6.36. The molecule has 2 N–H and O–H groups in total. The summed E-state index contributed by atoms with van der Waals surface area (Å²) in [5.74, 6) is 0.748. The fraction of sp³-hybridized carbons (Fsp3) is 0.300. The fourth-order valence-electron chi connectivity index (χ4n) is 3.26. The first-order valence-corrected chi connectivity index (χ1v) is 9.54. The van der Waals surface area contributed by atoms with Gasteiger partial charge in [-0.2, -0.15) is 0 Å². The standard InChI is InChI=1S/C20H21ClN2OS/c1-20(2)11-23(12-20)25-17-5-3-13(4-6-17)14-7-15-8-16(10-22)24-19(15)18(21)9-14/h3-9H,10-12,22H2,1-2H3. The van der Waals surface area contributed by atoms with Crippen LogP contribution in [0.15, 0.2) is 51.8 Å². The Morgan fingerprint density at radius 2 is 1.84 bits per heavy atom. The molecule has 3 nitrogen and oxygen atoms in total. The number of benzene rings is 2. The zero-order chi connectivity index (χ0) is 17.6. The van der Waals surface area contributed by atoms with Gasteiger partial charge in [0.1, 0.15) is 5.76 Å². The number of furan rings is 1. The van der Waals surface area contributed by atoms with Crippen molar-refractivity contribution in [2.75, 3.05) is 13.1 Å². The molecule has 1 saturated heterocycles. The Morgan fingerprint density at radius 1 is 1.12 bits per heavy atom. The molecule has 0 spiro atoms. The summed E-state index contributed by atoms with van der Waals surface area (Å²) < 4.78 is 8.07. The molecule has 1 aliphatic rings. The third kappa shape index (κ3) is 3.44. The van der Waals surface area contributed by atoms with Crippen LogP contribution < -0.4 is 5.73 Å². The molecule has 0 bridgehead atoms. The van der Waals surface area contributed by atoms with Crippen LogP contribution in [0.2, 0.25) is 5.02 Å². The number of nitrogens with two attached hydrogens (primary N) is 1. The van der Waals surface area contributed by atoms with Crippen molar-refractivity contribution in [3.05, 3.63) is 53.2 Å². The lowest BCUT2D eigenvalue weighted by Crippen LogP contribution is -2.48. The predicted molar refractivity (Wildman–Crippen MR) is 106 cm³/mol. The minimum Gasteiger partial charge on any atom is -0.458 e. The topological polar surface area (TPSA) is 42.4 Å². The molecule has 0 saturated carbocycles. The molecule has 5 heteroatoms. The number of halogens is 1. The Bertz CT molecular complexity index is 909. The van der Waals surface area contributed by atoms with E-state index in [2.05, 4.69) is 48.5 Å². The van der Waals surface area contributed by atoms with Gasteiger partial charge in [-0.05, 0) is 58.8 Å². The molecule has 0 unspecified atom stereocenters. The molecular formula is C20H21ClN2OS. The van der Waals surface area contributed by atoms with Crippen LogP contribution >= 0.6 is 23.5 Å². The van der Waals surface area contributed by atoms with Crippen molar-refractivity contribution in [3.8, 4) is 11.1 Å². The van der Waals surface area contributed by atoms with E-state index in [0.29, 0.717) is 22.6 Å². The molecule has 4 rings (SSSR count). The summed E-state index contributed by atoms with van der Waals surface area (Å²) in [6.07, 6.45) is 0. The molecule has 0 radical (unpaired) electrons. The van der Waals surface area contributed by atoms with Gasteiger partial charge in [-0.25, -0.2) is 4.31 Å². The number of fused-ring (bicyclic) bond motifs is 1. The zero-order valence-corrected chi connectivity index (χ0v) is 16.0. The Hall–Kier alpha value is -1.46. The number of rotatable bonds is 4. The first-order valence-electron chi connectivity index (χ1n) is 8.39. The summed E-state index contributed by atoms with van der Waals surface area (Å²) in [5, 5.41) is 1.61. The first kappa shape index (κ1) is 17.0. The zero-order valence-electron chi connectivity index (χ0n) is 14.4. The lowest BCUT2D eigenvalue weighted by atomic mass is 9.87. The molecular weight excluding hydrogens is 352 g/mol. The van der Waals surface area contributed by atoms with Gasteiger partial charge in [-0.15, -0.1) is 0 Å². The van der Waals surface area contributed by atoms with E-state index in [1.807, 2.05) is 24.1 Å². The normalized spacial score (nSPS) is 17.0. The monoisotopic (exact) mass is 372 g/mol. The predicted octanol–water partition coefficient (Wildman–Crippen LogP) is 5.56. The quantitative estimate of drug-likeness (QED) is 0.608. The van der Waals surface area contributed by atoms with Gasteiger partial charge in [-0.3, -0.25) is 0 Å². The highest BCUT2D eigenvalue weighted by Crippen LogP contribution is 2.38. The summed E-state index contributed by atoms with van der Waals surface area (Å²) in [6.45, 7) is 7.25. The van der Waals surface area contributed by atoms with Gasteiger partial charge in [0.2, 0.25) is 0 Å². The fourth-order valence-corrected chi connectivity index (χ4v) is 4.91. The largest absolute Gasteiger partial charge is 0.458 e. The summed E-state index contributed by atoms with van der Waals surface area (Å²) in [6, 6.07) is 14.6. The van der Waals surface area contributed by atoms with E-state index in [4.69, 9.17) is 21.8 Å². The summed E-state index contributed by atoms with van der Waals surface area (Å²) >= 11 is 8.22. The Labute approximate surface area is 157 Å². The summed E-state index contributed by atoms with van der Waals surface area (Å²) in [7, 11) is 0. The van der Waals surface area contributed by atoms with Crippen LogP contribution in [0.25, 0.3) is 22.1 Å². The van der Waals surface area contributed by atoms with Gasteiger partial charge >= 0.3 is 0 Å². The van der Waals surface area contributed by atoms with Crippen molar-refractivity contribution in [3.63, 3.8) is 0 Å². The molecule has 25 heavy (non-hydrogen) atoms. The molecule has 0 atom stereocenters.